The Labute approximate surface area is 360 Å². The molecule has 0 fully saturated rings. The van der Waals surface area contributed by atoms with Gasteiger partial charge < -0.3 is 9.32 Å². The van der Waals surface area contributed by atoms with Crippen LogP contribution in [0, 0.1) is 0 Å². The van der Waals surface area contributed by atoms with E-state index in [-0.39, 0.29) is 0 Å². The van der Waals surface area contributed by atoms with Crippen molar-refractivity contribution in [3.8, 4) is 44.5 Å². The first-order valence-electron chi connectivity index (χ1n) is 21.2. The number of rotatable bonds is 7. The monoisotopic (exact) mass is 789 g/mol. The van der Waals surface area contributed by atoms with Gasteiger partial charge in [0.25, 0.3) is 0 Å². The van der Waals surface area contributed by atoms with Crippen molar-refractivity contribution in [1.29, 1.82) is 0 Å². The van der Waals surface area contributed by atoms with Gasteiger partial charge in [-0.3, -0.25) is 0 Å². The van der Waals surface area contributed by atoms with Crippen molar-refractivity contribution in [3.05, 3.63) is 237 Å². The molecule has 0 bridgehead atoms. The van der Waals surface area contributed by atoms with Gasteiger partial charge in [0.2, 0.25) is 0 Å². The second-order valence-electron chi connectivity index (χ2n) is 16.1. The maximum absolute atomic E-state index is 6.43. The lowest BCUT2D eigenvalue weighted by Crippen LogP contribution is -2.09. The maximum atomic E-state index is 6.43. The van der Waals surface area contributed by atoms with E-state index in [0.717, 1.165) is 44.6 Å². The number of benzene rings is 11. The topological polar surface area (TPSA) is 16.4 Å². The second-order valence-corrected chi connectivity index (χ2v) is 16.1. The van der Waals surface area contributed by atoms with Gasteiger partial charge in [0.15, 0.2) is 0 Å². The lowest BCUT2D eigenvalue weighted by Gasteiger charge is -2.26. The zero-order valence-electron chi connectivity index (χ0n) is 33.9. The Morgan fingerprint density at radius 2 is 0.758 bits per heavy atom. The van der Waals surface area contributed by atoms with Crippen LogP contribution in [0.4, 0.5) is 17.1 Å². The fourth-order valence-corrected chi connectivity index (χ4v) is 9.45. The van der Waals surface area contributed by atoms with Crippen LogP contribution < -0.4 is 4.90 Å². The third-order valence-electron chi connectivity index (χ3n) is 12.5. The van der Waals surface area contributed by atoms with Crippen molar-refractivity contribution in [2.75, 3.05) is 4.90 Å². The maximum Gasteiger partial charge on any atom is 0.136 e. The van der Waals surface area contributed by atoms with Crippen LogP contribution in [0.5, 0.6) is 0 Å². The van der Waals surface area contributed by atoms with Crippen molar-refractivity contribution in [3.63, 3.8) is 0 Å². The summed E-state index contributed by atoms with van der Waals surface area (Å²) >= 11 is 0. The van der Waals surface area contributed by atoms with E-state index in [0.29, 0.717) is 0 Å². The molecule has 0 N–H and O–H groups in total. The smallest absolute Gasteiger partial charge is 0.136 e. The molecule has 0 saturated carbocycles. The molecular formula is C60H39NO. The molecule has 1 heterocycles. The van der Waals surface area contributed by atoms with E-state index in [4.69, 9.17) is 4.42 Å². The largest absolute Gasteiger partial charge is 0.456 e. The van der Waals surface area contributed by atoms with Gasteiger partial charge in [-0.15, -0.1) is 0 Å². The van der Waals surface area contributed by atoms with Crippen LogP contribution in [0.3, 0.4) is 0 Å². The molecule has 0 spiro atoms. The number of furan rings is 1. The number of anilines is 3. The molecule has 290 valence electrons. The number of hydrogen-bond donors (Lipinski definition) is 0. The molecule has 0 aliphatic rings. The average Bonchev–Trinajstić information content (AvgIpc) is 3.75. The van der Waals surface area contributed by atoms with Gasteiger partial charge in [-0.05, 0) is 137 Å². The van der Waals surface area contributed by atoms with Gasteiger partial charge in [0.1, 0.15) is 11.2 Å². The molecule has 0 saturated heterocycles. The summed E-state index contributed by atoms with van der Waals surface area (Å²) in [6.45, 7) is 0. The van der Waals surface area contributed by atoms with Gasteiger partial charge in [0.05, 0.1) is 0 Å². The summed E-state index contributed by atoms with van der Waals surface area (Å²) in [6, 6.07) is 85.3. The summed E-state index contributed by atoms with van der Waals surface area (Å²) in [5.74, 6) is 0. The molecule has 0 aliphatic carbocycles. The van der Waals surface area contributed by atoms with Crippen LogP contribution in [-0.4, -0.2) is 0 Å². The molecule has 0 atom stereocenters. The summed E-state index contributed by atoms with van der Waals surface area (Å²) in [4.78, 5) is 2.35. The van der Waals surface area contributed by atoms with Crippen molar-refractivity contribution in [2.24, 2.45) is 0 Å². The van der Waals surface area contributed by atoms with Crippen molar-refractivity contribution in [1.82, 2.24) is 0 Å². The Balaban J connectivity index is 0.929. The Morgan fingerprint density at radius 1 is 0.258 bits per heavy atom. The van der Waals surface area contributed by atoms with Crippen LogP contribution in [0.2, 0.25) is 0 Å². The highest BCUT2D eigenvalue weighted by Crippen LogP contribution is 2.43. The highest BCUT2D eigenvalue weighted by atomic mass is 16.3. The summed E-state index contributed by atoms with van der Waals surface area (Å²) in [5, 5.41) is 9.76. The molecule has 0 aliphatic heterocycles. The van der Waals surface area contributed by atoms with Gasteiger partial charge in [-0.2, -0.15) is 0 Å². The summed E-state index contributed by atoms with van der Waals surface area (Å²) in [5.41, 5.74) is 14.6. The number of fused-ring (bicyclic) bond motifs is 8. The minimum atomic E-state index is 0.906. The molecule has 0 radical (unpaired) electrons. The first kappa shape index (κ1) is 35.7. The first-order valence-corrected chi connectivity index (χ1v) is 21.2. The fraction of sp³-hybridized carbons (Fsp3) is 0. The van der Waals surface area contributed by atoms with E-state index in [1.54, 1.807) is 0 Å². The Morgan fingerprint density at radius 3 is 1.45 bits per heavy atom. The van der Waals surface area contributed by atoms with E-state index < -0.39 is 0 Å². The van der Waals surface area contributed by atoms with Crippen LogP contribution in [0.25, 0.3) is 98.8 Å². The third kappa shape index (κ3) is 6.12. The highest BCUT2D eigenvalue weighted by Gasteiger charge is 2.18. The van der Waals surface area contributed by atoms with Crippen LogP contribution in [-0.2, 0) is 0 Å². The third-order valence-corrected chi connectivity index (χ3v) is 12.5. The highest BCUT2D eigenvalue weighted by molar-refractivity contribution is 6.23. The van der Waals surface area contributed by atoms with E-state index in [1.807, 2.05) is 0 Å². The summed E-state index contributed by atoms with van der Waals surface area (Å²) in [7, 11) is 0. The lowest BCUT2D eigenvalue weighted by molar-refractivity contribution is 0.669. The Bertz CT molecular complexity index is 3590. The van der Waals surface area contributed by atoms with Crippen LogP contribution >= 0.6 is 0 Å². The Kier molecular flexibility index (Phi) is 8.53. The zero-order chi connectivity index (χ0) is 41.0. The van der Waals surface area contributed by atoms with Gasteiger partial charge in [-0.1, -0.05) is 176 Å². The molecule has 62 heavy (non-hydrogen) atoms. The van der Waals surface area contributed by atoms with Crippen molar-refractivity contribution < 1.29 is 4.42 Å². The molecule has 1 aromatic heterocycles. The minimum Gasteiger partial charge on any atom is -0.456 e. The molecule has 12 aromatic rings. The molecule has 11 aromatic carbocycles. The van der Waals surface area contributed by atoms with Crippen LogP contribution in [0.1, 0.15) is 0 Å². The molecule has 0 unspecified atom stereocenters. The minimum absolute atomic E-state index is 0.906. The predicted octanol–water partition coefficient (Wildman–Crippen LogP) is 17.2. The molecular weight excluding hydrogens is 751 g/mol. The standard InChI is InChI=1S/C60H39NO/c1-3-12-40(13-4-1)41-22-30-48(31-23-41)61(50-34-26-44(27-35-50)56-39-46-16-7-8-17-51(46)54-18-9-10-19-55(54)56)49-32-24-42(25-33-49)45-28-36-53-47(38-45)29-37-58-60(53)59-52(20-11-21-57(59)62-58)43-14-5-2-6-15-43/h1-39H. The van der Waals surface area contributed by atoms with Gasteiger partial charge >= 0.3 is 0 Å². The average molecular weight is 790 g/mol. The van der Waals surface area contributed by atoms with E-state index in [2.05, 4.69) is 241 Å². The zero-order valence-corrected chi connectivity index (χ0v) is 33.9. The predicted molar refractivity (Wildman–Crippen MR) is 263 cm³/mol. The second kappa shape index (κ2) is 14.8. The first-order chi connectivity index (χ1) is 30.7. The van der Waals surface area contributed by atoms with E-state index in [1.165, 1.54) is 71.3 Å². The lowest BCUT2D eigenvalue weighted by atomic mass is 9.93. The molecule has 2 nitrogen and oxygen atoms in total. The number of hydrogen-bond acceptors (Lipinski definition) is 2. The van der Waals surface area contributed by atoms with Crippen LogP contribution in [0.15, 0.2) is 241 Å². The van der Waals surface area contributed by atoms with E-state index >= 15 is 0 Å². The molecule has 12 rings (SSSR count). The molecule has 2 heteroatoms. The van der Waals surface area contributed by atoms with E-state index in [9.17, 15) is 0 Å². The normalized spacial score (nSPS) is 11.5. The fourth-order valence-electron chi connectivity index (χ4n) is 9.45. The summed E-state index contributed by atoms with van der Waals surface area (Å²) < 4.78 is 6.43. The quantitative estimate of drug-likeness (QED) is 0.150. The van der Waals surface area contributed by atoms with Crippen molar-refractivity contribution >= 4 is 71.3 Å². The van der Waals surface area contributed by atoms with Gasteiger partial charge in [-0.25, -0.2) is 0 Å². The molecule has 0 amide bonds. The van der Waals surface area contributed by atoms with Crippen molar-refractivity contribution in [2.45, 2.75) is 0 Å². The number of nitrogens with zero attached hydrogens (tertiary/aromatic N) is 1. The van der Waals surface area contributed by atoms with Gasteiger partial charge in [0, 0.05) is 27.8 Å². The SMILES string of the molecule is c1ccc(-c2ccc(N(c3ccc(-c4ccc5c(ccc6oc7cccc(-c8ccccc8)c7c65)c4)cc3)c3ccc(-c4cc5ccccc5c5ccccc45)cc3)cc2)cc1. The Hall–Kier alpha value is -8.20. The summed E-state index contributed by atoms with van der Waals surface area (Å²) in [6.07, 6.45) is 0.